The first-order valence-corrected chi connectivity index (χ1v) is 13.4. The molecule has 8 heteroatoms. The van der Waals surface area contributed by atoms with Crippen molar-refractivity contribution in [3.05, 3.63) is 58.5 Å². The van der Waals surface area contributed by atoms with Crippen molar-refractivity contribution in [2.75, 3.05) is 31.6 Å². The number of hydrogen-bond donors (Lipinski definition) is 2. The fourth-order valence-corrected chi connectivity index (χ4v) is 5.02. The second-order valence-electron chi connectivity index (χ2n) is 11.1. The predicted molar refractivity (Wildman–Crippen MR) is 141 cm³/mol. The lowest BCUT2D eigenvalue weighted by Crippen LogP contribution is -2.34. The molecule has 4 rings (SSSR count). The van der Waals surface area contributed by atoms with Gasteiger partial charge in [-0.05, 0) is 94.2 Å². The molecule has 2 atom stereocenters. The molecule has 202 valence electrons. The molecule has 0 radical (unpaired) electrons. The summed E-state index contributed by atoms with van der Waals surface area (Å²) < 4.78 is 26.2. The minimum Gasteiger partial charge on any atom is -0.480 e. The molecule has 0 amide bonds. The third-order valence-corrected chi connectivity index (χ3v) is 6.97. The third kappa shape index (κ3) is 7.72. The number of hydrogen-bond acceptors (Lipinski definition) is 6. The molecule has 1 saturated heterocycles. The van der Waals surface area contributed by atoms with Crippen molar-refractivity contribution in [2.24, 2.45) is 0 Å². The van der Waals surface area contributed by atoms with Gasteiger partial charge in [-0.15, -0.1) is 0 Å². The average molecular weight is 514 g/mol. The number of aliphatic carboxylic acids is 1. The number of nitrogens with zero attached hydrogens (tertiary/aromatic N) is 2. The summed E-state index contributed by atoms with van der Waals surface area (Å²) >= 11 is 0. The van der Waals surface area contributed by atoms with Gasteiger partial charge in [0.05, 0.1) is 18.3 Å². The largest absolute Gasteiger partial charge is 0.480 e. The minimum atomic E-state index is -0.990. The van der Waals surface area contributed by atoms with Crippen LogP contribution in [0.25, 0.3) is 0 Å². The molecule has 37 heavy (non-hydrogen) atoms. The zero-order chi connectivity index (χ0) is 26.4. The monoisotopic (exact) mass is 513 g/mol. The van der Waals surface area contributed by atoms with E-state index in [0.29, 0.717) is 30.8 Å². The summed E-state index contributed by atoms with van der Waals surface area (Å²) in [5.74, 6) is -0.405. The summed E-state index contributed by atoms with van der Waals surface area (Å²) in [5.41, 5.74) is 3.16. The second kappa shape index (κ2) is 12.3. The Hall–Kier alpha value is -2.55. The molecule has 7 nitrogen and oxygen atoms in total. The van der Waals surface area contributed by atoms with Crippen LogP contribution in [-0.2, 0) is 33.7 Å². The van der Waals surface area contributed by atoms with Crippen LogP contribution in [0.1, 0.15) is 74.9 Å². The summed E-state index contributed by atoms with van der Waals surface area (Å²) in [6.45, 7) is 8.75. The Morgan fingerprint density at radius 2 is 2.11 bits per heavy atom. The van der Waals surface area contributed by atoms with Gasteiger partial charge in [0, 0.05) is 31.9 Å². The molecule has 0 spiro atoms. The number of carboxylic acids is 1. The summed E-state index contributed by atoms with van der Waals surface area (Å²) in [5, 5.41) is 13.5. The summed E-state index contributed by atoms with van der Waals surface area (Å²) in [6, 6.07) is 7.69. The van der Waals surface area contributed by atoms with Crippen LogP contribution in [-0.4, -0.2) is 58.9 Å². The maximum Gasteiger partial charge on any atom is 0.325 e. The van der Waals surface area contributed by atoms with Gasteiger partial charge in [0.15, 0.2) is 0 Å². The fourth-order valence-electron chi connectivity index (χ4n) is 5.02. The molecule has 2 aliphatic rings. The summed E-state index contributed by atoms with van der Waals surface area (Å²) in [7, 11) is 0. The van der Waals surface area contributed by atoms with Gasteiger partial charge < -0.3 is 19.9 Å². The van der Waals surface area contributed by atoms with Crippen LogP contribution in [0.2, 0.25) is 0 Å². The smallest absolute Gasteiger partial charge is 0.325 e. The molecule has 3 heterocycles. The van der Waals surface area contributed by atoms with E-state index in [-0.39, 0.29) is 18.3 Å². The predicted octanol–water partition coefficient (Wildman–Crippen LogP) is 5.13. The number of likely N-dealkylation sites (tertiary alicyclic amines) is 1. The van der Waals surface area contributed by atoms with Crippen molar-refractivity contribution in [1.29, 1.82) is 0 Å². The van der Waals surface area contributed by atoms with Gasteiger partial charge in [-0.1, -0.05) is 12.1 Å². The van der Waals surface area contributed by atoms with Crippen LogP contribution >= 0.6 is 0 Å². The highest BCUT2D eigenvalue weighted by molar-refractivity contribution is 5.76. The number of unbranched alkanes of at least 4 members (excludes halogenated alkanes) is 1. The van der Waals surface area contributed by atoms with Gasteiger partial charge >= 0.3 is 5.97 Å². The highest BCUT2D eigenvalue weighted by atomic mass is 19.1. The van der Waals surface area contributed by atoms with E-state index < -0.39 is 17.8 Å². The summed E-state index contributed by atoms with van der Waals surface area (Å²) in [6.07, 6.45) is 5.79. The third-order valence-electron chi connectivity index (χ3n) is 6.97. The molecule has 1 aromatic heterocycles. The molecular weight excluding hydrogens is 473 g/mol. The lowest BCUT2D eigenvalue weighted by molar-refractivity contribution is -0.143. The van der Waals surface area contributed by atoms with Crippen molar-refractivity contribution >= 4 is 11.8 Å². The summed E-state index contributed by atoms with van der Waals surface area (Å²) in [4.78, 5) is 19.0. The Labute approximate surface area is 219 Å². The molecule has 0 bridgehead atoms. The van der Waals surface area contributed by atoms with Crippen molar-refractivity contribution in [3.8, 4) is 0 Å². The Balaban J connectivity index is 1.28. The van der Waals surface area contributed by atoms with E-state index in [4.69, 9.17) is 14.5 Å². The zero-order valence-corrected chi connectivity index (χ0v) is 22.3. The van der Waals surface area contributed by atoms with Crippen LogP contribution in [0.3, 0.4) is 0 Å². The fraction of sp³-hybridized carbons (Fsp3) is 0.586. The Morgan fingerprint density at radius 3 is 2.89 bits per heavy atom. The number of aromatic nitrogens is 1. The number of pyridine rings is 1. The first-order valence-electron chi connectivity index (χ1n) is 13.4. The number of fused-ring (bicyclic) bond motifs is 1. The molecule has 0 aliphatic carbocycles. The maximum absolute atomic E-state index is 14.2. The molecule has 1 aromatic carbocycles. The van der Waals surface area contributed by atoms with Gasteiger partial charge in [-0.3, -0.25) is 9.69 Å². The second-order valence-corrected chi connectivity index (χ2v) is 11.1. The maximum atomic E-state index is 14.2. The molecular formula is C29H40FN3O4. The van der Waals surface area contributed by atoms with E-state index in [2.05, 4.69) is 17.4 Å². The van der Waals surface area contributed by atoms with Gasteiger partial charge in [0.2, 0.25) is 0 Å². The minimum absolute atomic E-state index is 0.0317. The van der Waals surface area contributed by atoms with Crippen LogP contribution in [0.5, 0.6) is 0 Å². The van der Waals surface area contributed by atoms with Gasteiger partial charge in [0.25, 0.3) is 0 Å². The normalized spacial score (nSPS) is 18.9. The number of rotatable bonds is 11. The number of aryl methyl sites for hydroxylation is 2. The van der Waals surface area contributed by atoms with Gasteiger partial charge in [0.1, 0.15) is 17.7 Å². The number of anilines is 1. The molecule has 0 saturated carbocycles. The van der Waals surface area contributed by atoms with Crippen LogP contribution in [0.4, 0.5) is 10.2 Å². The van der Waals surface area contributed by atoms with Gasteiger partial charge in [-0.2, -0.15) is 0 Å². The van der Waals surface area contributed by atoms with E-state index in [0.717, 1.165) is 56.6 Å². The van der Waals surface area contributed by atoms with Crippen LogP contribution in [0.15, 0.2) is 30.3 Å². The quantitative estimate of drug-likeness (QED) is 0.403. The van der Waals surface area contributed by atoms with Crippen molar-refractivity contribution in [1.82, 2.24) is 9.88 Å². The highest BCUT2D eigenvalue weighted by Gasteiger charge is 2.35. The molecule has 1 fully saturated rings. The van der Waals surface area contributed by atoms with Crippen LogP contribution in [0, 0.1) is 5.82 Å². The van der Waals surface area contributed by atoms with E-state index >= 15 is 0 Å². The number of carbonyl (C=O) groups is 1. The Kier molecular flexibility index (Phi) is 9.16. The van der Waals surface area contributed by atoms with E-state index in [1.54, 1.807) is 6.07 Å². The molecule has 2 aromatic rings. The number of ether oxygens (including phenoxy) is 2. The van der Waals surface area contributed by atoms with E-state index in [1.807, 2.05) is 25.7 Å². The first-order chi connectivity index (χ1) is 17.7. The first kappa shape index (κ1) is 27.5. The molecule has 2 N–H and O–H groups in total. The van der Waals surface area contributed by atoms with Gasteiger partial charge in [-0.25, -0.2) is 9.37 Å². The number of halogens is 1. The Morgan fingerprint density at radius 1 is 1.27 bits per heavy atom. The van der Waals surface area contributed by atoms with Crippen molar-refractivity contribution < 1.29 is 23.8 Å². The topological polar surface area (TPSA) is 83.9 Å². The lowest BCUT2D eigenvalue weighted by Gasteiger charge is -2.27. The highest BCUT2D eigenvalue weighted by Crippen LogP contribution is 2.31. The van der Waals surface area contributed by atoms with E-state index in [1.165, 1.54) is 17.7 Å². The lowest BCUT2D eigenvalue weighted by atomic mass is 9.99. The standard InChI is InChI=1S/C29H40FN3O4/c1-29(2,3)37-19-21-9-11-22(30)17-25(21)26(28(34)35)33-15-13-24(18-33)36-16-5-4-8-23-12-10-20-7-6-14-31-27(20)32-23/h9-12,17,24,26H,4-8,13-16,18-19H2,1-3H3,(H,31,32)(H,34,35). The molecule has 2 unspecified atom stereocenters. The van der Waals surface area contributed by atoms with Crippen LogP contribution < -0.4 is 5.32 Å². The number of benzene rings is 1. The number of carboxylic acid groups (broad SMARTS) is 1. The van der Waals surface area contributed by atoms with Crippen molar-refractivity contribution in [3.63, 3.8) is 0 Å². The average Bonchev–Trinajstić information content (AvgIpc) is 3.30. The SMILES string of the molecule is CC(C)(C)OCc1ccc(F)cc1C(C(=O)O)N1CCC(OCCCCc2ccc3c(n2)NCCC3)C1. The zero-order valence-electron chi connectivity index (χ0n) is 22.3. The Bertz CT molecular complexity index is 1070. The number of nitrogens with one attached hydrogen (secondary N) is 1. The van der Waals surface area contributed by atoms with E-state index in [9.17, 15) is 14.3 Å². The van der Waals surface area contributed by atoms with Crippen molar-refractivity contribution in [2.45, 2.75) is 83.6 Å². The molecule has 2 aliphatic heterocycles.